The summed E-state index contributed by atoms with van der Waals surface area (Å²) in [5.41, 5.74) is 0.989. The molecule has 0 saturated carbocycles. The molecular weight excluding hydrogens is 336 g/mol. The van der Waals surface area contributed by atoms with Crippen molar-refractivity contribution in [2.24, 2.45) is 0 Å². The summed E-state index contributed by atoms with van der Waals surface area (Å²) >= 11 is 3.46. The Morgan fingerprint density at radius 3 is 2.57 bits per heavy atom. The first kappa shape index (κ1) is 15.2. The molecule has 0 radical (unpaired) electrons. The summed E-state index contributed by atoms with van der Waals surface area (Å²) in [6.45, 7) is 1.90. The molecule has 1 aromatic heterocycles. The molecule has 2 amide bonds. The summed E-state index contributed by atoms with van der Waals surface area (Å²) in [6, 6.07) is 7.19. The number of anilines is 1. The van der Waals surface area contributed by atoms with Crippen LogP contribution in [-0.2, 0) is 0 Å². The molecule has 1 aromatic carbocycles. The van der Waals surface area contributed by atoms with Gasteiger partial charge in [-0.25, -0.2) is 14.8 Å². The van der Waals surface area contributed by atoms with Crippen LogP contribution in [0.5, 0.6) is 5.75 Å². The Labute approximate surface area is 131 Å². The van der Waals surface area contributed by atoms with Crippen molar-refractivity contribution in [1.29, 1.82) is 0 Å². The number of hydrogen-bond donors (Lipinski definition) is 2. The van der Waals surface area contributed by atoms with Crippen LogP contribution in [0.4, 0.5) is 10.7 Å². The molecule has 0 aliphatic rings. The van der Waals surface area contributed by atoms with Gasteiger partial charge >= 0.3 is 6.03 Å². The van der Waals surface area contributed by atoms with E-state index in [-0.39, 0.29) is 18.0 Å². The lowest BCUT2D eigenvalue weighted by Gasteiger charge is -2.15. The molecule has 0 spiro atoms. The molecule has 2 aromatic rings. The summed E-state index contributed by atoms with van der Waals surface area (Å²) in [5, 5.41) is 5.39. The molecular formula is C14H15BrN4O2. The minimum Gasteiger partial charge on any atom is -0.494 e. The van der Waals surface area contributed by atoms with Crippen LogP contribution in [0.1, 0.15) is 18.5 Å². The fraction of sp³-hybridized carbons (Fsp3) is 0.214. The summed E-state index contributed by atoms with van der Waals surface area (Å²) in [6.07, 6.45) is 2.97. The smallest absolute Gasteiger partial charge is 0.322 e. The molecule has 7 heteroatoms. The molecule has 1 heterocycles. The monoisotopic (exact) mass is 350 g/mol. The number of benzene rings is 1. The van der Waals surface area contributed by atoms with Crippen molar-refractivity contribution < 1.29 is 9.53 Å². The number of hydrogen-bond acceptors (Lipinski definition) is 4. The SMILES string of the molecule is COc1cnc(NC(=O)N[C@@H](C)c2ccccc2Br)nc1. The minimum atomic E-state index is -0.372. The molecule has 21 heavy (non-hydrogen) atoms. The molecule has 0 bridgehead atoms. The first-order valence-electron chi connectivity index (χ1n) is 6.28. The first-order chi connectivity index (χ1) is 10.1. The average Bonchev–Trinajstić information content (AvgIpc) is 2.48. The largest absolute Gasteiger partial charge is 0.494 e. The fourth-order valence-electron chi connectivity index (χ4n) is 1.72. The van der Waals surface area contributed by atoms with E-state index in [0.29, 0.717) is 5.75 Å². The molecule has 1 atom stereocenters. The van der Waals surface area contributed by atoms with Crippen LogP contribution in [0.3, 0.4) is 0 Å². The van der Waals surface area contributed by atoms with Crippen LogP contribution in [0.25, 0.3) is 0 Å². The zero-order valence-corrected chi connectivity index (χ0v) is 13.2. The number of carbonyl (C=O) groups excluding carboxylic acids is 1. The maximum absolute atomic E-state index is 11.9. The van der Waals surface area contributed by atoms with Gasteiger partial charge in [0.2, 0.25) is 5.95 Å². The second kappa shape index (κ2) is 7.03. The number of ether oxygens (including phenoxy) is 1. The number of urea groups is 1. The third kappa shape index (κ3) is 4.16. The molecule has 6 nitrogen and oxygen atoms in total. The van der Waals surface area contributed by atoms with Crippen LogP contribution < -0.4 is 15.4 Å². The van der Waals surface area contributed by atoms with E-state index < -0.39 is 0 Å². The summed E-state index contributed by atoms with van der Waals surface area (Å²) < 4.78 is 5.89. The van der Waals surface area contributed by atoms with E-state index in [9.17, 15) is 4.79 Å². The standard InChI is InChI=1S/C14H15BrN4O2/c1-9(11-5-3-4-6-12(11)15)18-14(20)19-13-16-7-10(21-2)8-17-13/h3-9H,1-2H3,(H2,16,17,18,19,20)/t9-/m0/s1. The normalized spacial score (nSPS) is 11.6. The fourth-order valence-corrected chi connectivity index (χ4v) is 2.35. The van der Waals surface area contributed by atoms with E-state index in [0.717, 1.165) is 10.0 Å². The topological polar surface area (TPSA) is 76.1 Å². The van der Waals surface area contributed by atoms with E-state index in [1.165, 1.54) is 19.5 Å². The number of nitrogens with zero attached hydrogens (tertiary/aromatic N) is 2. The van der Waals surface area contributed by atoms with Gasteiger partial charge in [-0.15, -0.1) is 0 Å². The summed E-state index contributed by atoms with van der Waals surface area (Å²) in [7, 11) is 1.53. The molecule has 2 rings (SSSR count). The van der Waals surface area contributed by atoms with E-state index in [4.69, 9.17) is 4.74 Å². The predicted molar refractivity (Wildman–Crippen MR) is 83.3 cm³/mol. The van der Waals surface area contributed by atoms with E-state index >= 15 is 0 Å². The van der Waals surface area contributed by atoms with Crippen molar-refractivity contribution in [2.45, 2.75) is 13.0 Å². The zero-order valence-electron chi connectivity index (χ0n) is 11.6. The second-order valence-corrected chi connectivity index (χ2v) is 5.14. The van der Waals surface area contributed by atoms with Crippen molar-refractivity contribution in [3.05, 3.63) is 46.7 Å². The molecule has 0 fully saturated rings. The van der Waals surface area contributed by atoms with Gasteiger partial charge in [0.25, 0.3) is 0 Å². The number of methoxy groups -OCH3 is 1. The van der Waals surface area contributed by atoms with Gasteiger partial charge in [-0.2, -0.15) is 0 Å². The van der Waals surface area contributed by atoms with Crippen LogP contribution in [-0.4, -0.2) is 23.1 Å². The number of nitrogens with one attached hydrogen (secondary N) is 2. The lowest BCUT2D eigenvalue weighted by molar-refractivity contribution is 0.249. The zero-order chi connectivity index (χ0) is 15.2. The molecule has 0 aliphatic heterocycles. The molecule has 2 N–H and O–H groups in total. The Hall–Kier alpha value is -2.15. The minimum absolute atomic E-state index is 0.154. The number of carbonyl (C=O) groups is 1. The van der Waals surface area contributed by atoms with Crippen molar-refractivity contribution in [3.8, 4) is 5.75 Å². The van der Waals surface area contributed by atoms with Crippen LogP contribution in [0.15, 0.2) is 41.1 Å². The third-order valence-electron chi connectivity index (χ3n) is 2.81. The average molecular weight is 351 g/mol. The predicted octanol–water partition coefficient (Wildman–Crippen LogP) is 3.13. The van der Waals surface area contributed by atoms with Gasteiger partial charge in [-0.1, -0.05) is 34.1 Å². The van der Waals surface area contributed by atoms with Crippen LogP contribution in [0.2, 0.25) is 0 Å². The van der Waals surface area contributed by atoms with Crippen molar-refractivity contribution >= 4 is 27.9 Å². The van der Waals surface area contributed by atoms with Crippen molar-refractivity contribution in [2.75, 3.05) is 12.4 Å². The number of amides is 2. The highest BCUT2D eigenvalue weighted by Crippen LogP contribution is 2.22. The Morgan fingerprint density at radius 1 is 1.29 bits per heavy atom. The Kier molecular flexibility index (Phi) is 5.10. The summed E-state index contributed by atoms with van der Waals surface area (Å²) in [4.78, 5) is 19.9. The van der Waals surface area contributed by atoms with Gasteiger partial charge in [-0.3, -0.25) is 5.32 Å². The lowest BCUT2D eigenvalue weighted by atomic mass is 10.1. The maximum atomic E-state index is 11.9. The molecule has 110 valence electrons. The second-order valence-electron chi connectivity index (χ2n) is 4.29. The van der Waals surface area contributed by atoms with E-state index in [2.05, 4.69) is 36.5 Å². The van der Waals surface area contributed by atoms with Crippen LogP contribution >= 0.6 is 15.9 Å². The number of rotatable bonds is 4. The number of halogens is 1. The van der Waals surface area contributed by atoms with E-state index in [1.54, 1.807) is 0 Å². The Balaban J connectivity index is 1.96. The van der Waals surface area contributed by atoms with Gasteiger partial charge in [0.05, 0.1) is 25.5 Å². The third-order valence-corrected chi connectivity index (χ3v) is 3.53. The summed E-state index contributed by atoms with van der Waals surface area (Å²) in [5.74, 6) is 0.746. The highest BCUT2D eigenvalue weighted by Gasteiger charge is 2.12. The maximum Gasteiger partial charge on any atom is 0.322 e. The van der Waals surface area contributed by atoms with Gasteiger partial charge in [0.15, 0.2) is 5.75 Å². The Morgan fingerprint density at radius 2 is 1.95 bits per heavy atom. The lowest BCUT2D eigenvalue weighted by Crippen LogP contribution is -2.31. The van der Waals surface area contributed by atoms with Gasteiger partial charge in [0.1, 0.15) is 0 Å². The quantitative estimate of drug-likeness (QED) is 0.887. The van der Waals surface area contributed by atoms with Gasteiger partial charge < -0.3 is 10.1 Å². The molecule has 0 aliphatic carbocycles. The molecule has 0 saturated heterocycles. The first-order valence-corrected chi connectivity index (χ1v) is 7.07. The van der Waals surface area contributed by atoms with Crippen molar-refractivity contribution in [1.82, 2.24) is 15.3 Å². The van der Waals surface area contributed by atoms with E-state index in [1.807, 2.05) is 31.2 Å². The Bertz CT molecular complexity index is 619. The highest BCUT2D eigenvalue weighted by atomic mass is 79.9. The van der Waals surface area contributed by atoms with Crippen LogP contribution in [0, 0.1) is 0 Å². The van der Waals surface area contributed by atoms with Gasteiger partial charge in [-0.05, 0) is 18.6 Å². The molecule has 0 unspecified atom stereocenters. The number of aromatic nitrogens is 2. The highest BCUT2D eigenvalue weighted by molar-refractivity contribution is 9.10. The van der Waals surface area contributed by atoms with Crippen molar-refractivity contribution in [3.63, 3.8) is 0 Å². The van der Waals surface area contributed by atoms with Gasteiger partial charge in [0, 0.05) is 4.47 Å².